The summed E-state index contributed by atoms with van der Waals surface area (Å²) < 4.78 is 31.5. The van der Waals surface area contributed by atoms with Crippen LogP contribution in [0.5, 0.6) is 5.75 Å². The zero-order valence-electron chi connectivity index (χ0n) is 17.5. The summed E-state index contributed by atoms with van der Waals surface area (Å²) in [5, 5.41) is 2.32. The van der Waals surface area contributed by atoms with E-state index in [-0.39, 0.29) is 10.8 Å². The van der Waals surface area contributed by atoms with Crippen molar-refractivity contribution in [2.45, 2.75) is 15.0 Å². The number of benzene rings is 3. The average molecular weight is 457 g/mol. The third kappa shape index (κ3) is 5.46. The molecule has 1 amide bonds. The van der Waals surface area contributed by atoms with Gasteiger partial charge in [-0.25, -0.2) is 12.7 Å². The van der Waals surface area contributed by atoms with Crippen LogP contribution in [0, 0.1) is 0 Å². The van der Waals surface area contributed by atoms with Crippen LogP contribution in [0.3, 0.4) is 0 Å². The first-order valence-corrected chi connectivity index (χ1v) is 11.8. The number of hydrogen-bond acceptors (Lipinski definition) is 5. The molecule has 162 valence electrons. The third-order valence-electron chi connectivity index (χ3n) is 4.54. The number of carbonyl (C=O) groups excluding carboxylic acids is 1. The predicted octanol–water partition coefficient (Wildman–Crippen LogP) is 4.42. The summed E-state index contributed by atoms with van der Waals surface area (Å²) in [5.74, 6) is 0.0975. The zero-order chi connectivity index (χ0) is 22.4. The van der Waals surface area contributed by atoms with Crippen molar-refractivity contribution in [1.29, 1.82) is 0 Å². The molecule has 0 bridgehead atoms. The molecular formula is C23H24N2O4S2. The molecule has 0 spiro atoms. The Morgan fingerprint density at radius 2 is 1.58 bits per heavy atom. The Hall–Kier alpha value is -2.81. The van der Waals surface area contributed by atoms with Gasteiger partial charge >= 0.3 is 0 Å². The van der Waals surface area contributed by atoms with Crippen LogP contribution < -0.4 is 10.1 Å². The van der Waals surface area contributed by atoms with Crippen molar-refractivity contribution < 1.29 is 17.9 Å². The lowest BCUT2D eigenvalue weighted by Gasteiger charge is -2.19. The quantitative estimate of drug-likeness (QED) is 0.508. The molecule has 0 aliphatic rings. The Kier molecular flexibility index (Phi) is 7.37. The smallest absolute Gasteiger partial charge is 0.242 e. The van der Waals surface area contributed by atoms with Crippen molar-refractivity contribution in [2.24, 2.45) is 0 Å². The van der Waals surface area contributed by atoms with Gasteiger partial charge < -0.3 is 10.1 Å². The summed E-state index contributed by atoms with van der Waals surface area (Å²) in [4.78, 5) is 14.3. The molecule has 0 aromatic heterocycles. The summed E-state index contributed by atoms with van der Waals surface area (Å²) in [6.07, 6.45) is 0. The first kappa shape index (κ1) is 22.9. The average Bonchev–Trinajstić information content (AvgIpc) is 2.78. The number of amides is 1. The van der Waals surface area contributed by atoms with Gasteiger partial charge in [-0.05, 0) is 35.9 Å². The maximum Gasteiger partial charge on any atom is 0.242 e. The maximum atomic E-state index is 13.3. The molecule has 3 rings (SSSR count). The van der Waals surface area contributed by atoms with Crippen molar-refractivity contribution in [3.8, 4) is 5.75 Å². The monoisotopic (exact) mass is 456 g/mol. The number of thioether (sulfide) groups is 1. The van der Waals surface area contributed by atoms with Gasteiger partial charge in [-0.2, -0.15) is 0 Å². The van der Waals surface area contributed by atoms with E-state index < -0.39 is 15.3 Å². The molecule has 3 aromatic carbocycles. The fourth-order valence-electron chi connectivity index (χ4n) is 2.89. The van der Waals surface area contributed by atoms with E-state index in [0.717, 1.165) is 14.8 Å². The Labute approximate surface area is 187 Å². The first-order valence-electron chi connectivity index (χ1n) is 9.51. The summed E-state index contributed by atoms with van der Waals surface area (Å²) >= 11 is 1.42. The summed E-state index contributed by atoms with van der Waals surface area (Å²) in [6, 6.07) is 23.5. The highest BCUT2D eigenvalue weighted by molar-refractivity contribution is 8.00. The van der Waals surface area contributed by atoms with E-state index in [0.29, 0.717) is 11.4 Å². The predicted molar refractivity (Wildman–Crippen MR) is 124 cm³/mol. The van der Waals surface area contributed by atoms with Crippen LogP contribution in [0.4, 0.5) is 5.69 Å². The molecule has 8 heteroatoms. The highest BCUT2D eigenvalue weighted by Gasteiger charge is 2.25. The number of sulfonamides is 1. The minimum atomic E-state index is -3.66. The van der Waals surface area contributed by atoms with E-state index in [4.69, 9.17) is 4.74 Å². The van der Waals surface area contributed by atoms with Crippen LogP contribution in [-0.2, 0) is 14.8 Å². The molecule has 0 fully saturated rings. The number of hydrogen-bond donors (Lipinski definition) is 1. The van der Waals surface area contributed by atoms with Gasteiger partial charge in [0.25, 0.3) is 0 Å². The van der Waals surface area contributed by atoms with Gasteiger partial charge in [-0.15, -0.1) is 11.8 Å². The summed E-state index contributed by atoms with van der Waals surface area (Å²) in [6.45, 7) is 0. The van der Waals surface area contributed by atoms with Crippen molar-refractivity contribution >= 4 is 33.4 Å². The van der Waals surface area contributed by atoms with E-state index in [9.17, 15) is 13.2 Å². The summed E-state index contributed by atoms with van der Waals surface area (Å²) in [5.41, 5.74) is 1.13. The van der Waals surface area contributed by atoms with E-state index in [1.165, 1.54) is 51.2 Å². The number of anilines is 1. The number of carbonyl (C=O) groups is 1. The second-order valence-electron chi connectivity index (χ2n) is 6.86. The van der Waals surface area contributed by atoms with Crippen molar-refractivity contribution in [3.63, 3.8) is 0 Å². The highest BCUT2D eigenvalue weighted by atomic mass is 32.2. The lowest BCUT2D eigenvalue weighted by atomic mass is 10.1. The van der Waals surface area contributed by atoms with Gasteiger partial charge in [-0.3, -0.25) is 4.79 Å². The van der Waals surface area contributed by atoms with Crippen molar-refractivity contribution in [1.82, 2.24) is 4.31 Å². The molecule has 0 radical (unpaired) electrons. The highest BCUT2D eigenvalue weighted by Crippen LogP contribution is 2.37. The topological polar surface area (TPSA) is 75.7 Å². The minimum absolute atomic E-state index is 0.0700. The van der Waals surface area contributed by atoms with E-state index in [1.807, 2.05) is 60.7 Å². The fraction of sp³-hybridized carbons (Fsp3) is 0.174. The van der Waals surface area contributed by atoms with Crippen LogP contribution in [0.2, 0.25) is 0 Å². The third-order valence-corrected chi connectivity index (χ3v) is 7.62. The van der Waals surface area contributed by atoms with E-state index in [2.05, 4.69) is 5.32 Å². The van der Waals surface area contributed by atoms with Gasteiger partial charge in [0.1, 0.15) is 11.0 Å². The molecular weight excluding hydrogens is 432 g/mol. The van der Waals surface area contributed by atoms with E-state index >= 15 is 0 Å². The molecule has 0 saturated heterocycles. The molecule has 1 N–H and O–H groups in total. The first-order chi connectivity index (χ1) is 14.8. The van der Waals surface area contributed by atoms with E-state index in [1.54, 1.807) is 0 Å². The minimum Gasteiger partial charge on any atom is -0.495 e. The Morgan fingerprint density at radius 1 is 0.968 bits per heavy atom. The number of rotatable bonds is 8. The number of methoxy groups -OCH3 is 1. The van der Waals surface area contributed by atoms with Crippen LogP contribution in [0.25, 0.3) is 0 Å². The second-order valence-corrected chi connectivity index (χ2v) is 10.2. The largest absolute Gasteiger partial charge is 0.495 e. The van der Waals surface area contributed by atoms with Gasteiger partial charge in [0.05, 0.1) is 17.7 Å². The lowest BCUT2D eigenvalue weighted by molar-refractivity contribution is -0.115. The van der Waals surface area contributed by atoms with Gasteiger partial charge in [-0.1, -0.05) is 48.5 Å². The summed E-state index contributed by atoms with van der Waals surface area (Å²) in [7, 11) is 0.727. The van der Waals surface area contributed by atoms with Crippen LogP contribution in [-0.4, -0.2) is 39.8 Å². The Bertz CT molecular complexity index is 1130. The van der Waals surface area contributed by atoms with Crippen LogP contribution >= 0.6 is 11.8 Å². The number of ether oxygens (including phenoxy) is 1. The number of nitrogens with zero attached hydrogens (tertiary/aromatic N) is 1. The molecule has 1 atom stereocenters. The Balaban J connectivity index is 1.96. The zero-order valence-corrected chi connectivity index (χ0v) is 19.1. The van der Waals surface area contributed by atoms with Gasteiger partial charge in [0.2, 0.25) is 15.9 Å². The number of nitrogens with one attached hydrogen (secondary N) is 1. The van der Waals surface area contributed by atoms with Gasteiger partial charge in [0, 0.05) is 19.0 Å². The van der Waals surface area contributed by atoms with Gasteiger partial charge in [0.15, 0.2) is 0 Å². The molecule has 0 saturated carbocycles. The molecule has 31 heavy (non-hydrogen) atoms. The molecule has 0 aliphatic heterocycles. The maximum absolute atomic E-state index is 13.3. The Morgan fingerprint density at radius 3 is 2.16 bits per heavy atom. The SMILES string of the molecule is COc1ccc(S(=O)(=O)N(C)C)cc1NC(=O)C(Sc1ccccc1)c1ccccc1. The van der Waals surface area contributed by atoms with Crippen molar-refractivity contribution in [3.05, 3.63) is 84.4 Å². The normalized spacial score (nSPS) is 12.4. The molecule has 0 heterocycles. The van der Waals surface area contributed by atoms with Crippen LogP contribution in [0.1, 0.15) is 10.8 Å². The van der Waals surface area contributed by atoms with Crippen molar-refractivity contribution in [2.75, 3.05) is 26.5 Å². The standard InChI is InChI=1S/C23H24N2O4S2/c1-25(2)31(27,28)19-14-15-21(29-3)20(16-19)24-23(26)22(17-10-6-4-7-11-17)30-18-12-8-5-9-13-18/h4-16,22H,1-3H3,(H,24,26). The fourth-order valence-corrected chi connectivity index (χ4v) is 4.86. The molecule has 3 aromatic rings. The molecule has 0 aliphatic carbocycles. The second kappa shape index (κ2) is 10.00. The molecule has 6 nitrogen and oxygen atoms in total. The molecule has 1 unspecified atom stereocenters. The lowest BCUT2D eigenvalue weighted by Crippen LogP contribution is -2.23. The van der Waals surface area contributed by atoms with Crippen LogP contribution in [0.15, 0.2) is 88.7 Å².